The summed E-state index contributed by atoms with van der Waals surface area (Å²) < 4.78 is 8.07. The molecule has 3 rings (SSSR count). The summed E-state index contributed by atoms with van der Waals surface area (Å²) in [6.45, 7) is 8.72. The number of likely N-dealkylation sites (N-methyl/N-ethyl adjacent to an activating group) is 1. The van der Waals surface area contributed by atoms with E-state index in [2.05, 4.69) is 40.6 Å². The van der Waals surface area contributed by atoms with E-state index in [1.165, 1.54) is 5.56 Å². The molecule has 0 aliphatic carbocycles. The van der Waals surface area contributed by atoms with Crippen molar-refractivity contribution in [2.45, 2.75) is 5.75 Å². The average Bonchev–Trinajstić information content (AvgIpc) is 2.86. The summed E-state index contributed by atoms with van der Waals surface area (Å²) in [5.74, 6) is 2.24. The van der Waals surface area contributed by atoms with E-state index in [0.717, 1.165) is 34.0 Å². The van der Waals surface area contributed by atoms with E-state index in [-0.39, 0.29) is 6.61 Å². The number of para-hydroxylation sites is 1. The Bertz CT molecular complexity index is 1130. The maximum atomic E-state index is 9.06. The van der Waals surface area contributed by atoms with Gasteiger partial charge in [-0.2, -0.15) is 0 Å². The number of rotatable bonds is 13. The van der Waals surface area contributed by atoms with E-state index in [0.29, 0.717) is 19.0 Å². The van der Waals surface area contributed by atoms with E-state index in [4.69, 9.17) is 9.84 Å². The number of aliphatic hydroxyl groups excluding tert-OH is 1. The van der Waals surface area contributed by atoms with Crippen molar-refractivity contribution in [1.82, 2.24) is 14.3 Å². The van der Waals surface area contributed by atoms with Gasteiger partial charge in [-0.3, -0.25) is 4.31 Å². The molecule has 0 aliphatic rings. The summed E-state index contributed by atoms with van der Waals surface area (Å²) in [5.41, 5.74) is 4.71. The van der Waals surface area contributed by atoms with Crippen LogP contribution in [0.4, 0.5) is 11.5 Å². The van der Waals surface area contributed by atoms with Crippen LogP contribution in [0.15, 0.2) is 97.9 Å². The Hall–Kier alpha value is -3.39. The van der Waals surface area contributed by atoms with Gasteiger partial charge in [-0.15, -0.1) is 0 Å². The maximum absolute atomic E-state index is 9.06. The Balaban J connectivity index is 1.74. The van der Waals surface area contributed by atoms with Crippen molar-refractivity contribution < 1.29 is 9.84 Å². The Kier molecular flexibility index (Phi) is 9.91. The normalized spacial score (nSPS) is 11.3. The molecule has 0 amide bonds. The lowest BCUT2D eigenvalue weighted by molar-refractivity contribution is 0.273. The lowest BCUT2D eigenvalue weighted by atomic mass is 10.1. The molecule has 6 nitrogen and oxygen atoms in total. The minimum atomic E-state index is 0.149. The van der Waals surface area contributed by atoms with Crippen molar-refractivity contribution in [3.63, 3.8) is 0 Å². The van der Waals surface area contributed by atoms with Gasteiger partial charge in [-0.25, -0.2) is 9.97 Å². The number of ether oxygens (including phenoxy) is 1. The Labute approximate surface area is 205 Å². The number of benzene rings is 2. The number of aliphatic hydroxyl groups is 1. The lowest BCUT2D eigenvalue weighted by Gasteiger charge is -2.14. The molecule has 1 aromatic heterocycles. The molecule has 176 valence electrons. The van der Waals surface area contributed by atoms with E-state index >= 15 is 0 Å². The number of anilines is 2. The molecule has 1 heterocycles. The number of hydrogen-bond donors (Lipinski definition) is 2. The predicted octanol–water partition coefficient (Wildman–Crippen LogP) is 5.64. The molecule has 0 atom stereocenters. The zero-order chi connectivity index (χ0) is 24.2. The fraction of sp³-hybridized carbons (Fsp3) is 0.185. The highest BCUT2D eigenvalue weighted by molar-refractivity contribution is 7.96. The topological polar surface area (TPSA) is 70.5 Å². The third-order valence-electron chi connectivity index (χ3n) is 4.88. The van der Waals surface area contributed by atoms with Crippen LogP contribution >= 0.6 is 11.9 Å². The second-order valence-electron chi connectivity index (χ2n) is 7.43. The van der Waals surface area contributed by atoms with Gasteiger partial charge in [-0.1, -0.05) is 67.6 Å². The quantitative estimate of drug-likeness (QED) is 0.245. The Morgan fingerprint density at radius 3 is 2.79 bits per heavy atom. The van der Waals surface area contributed by atoms with Gasteiger partial charge in [0.15, 0.2) is 0 Å². The Morgan fingerprint density at radius 2 is 2.00 bits per heavy atom. The van der Waals surface area contributed by atoms with E-state index in [9.17, 15) is 0 Å². The van der Waals surface area contributed by atoms with Crippen LogP contribution in [0.25, 0.3) is 11.3 Å². The molecule has 34 heavy (non-hydrogen) atoms. The van der Waals surface area contributed by atoms with Gasteiger partial charge >= 0.3 is 0 Å². The zero-order valence-corrected chi connectivity index (χ0v) is 20.2. The van der Waals surface area contributed by atoms with Crippen LogP contribution in [-0.2, 0) is 5.75 Å². The van der Waals surface area contributed by atoms with Crippen LogP contribution in [-0.4, -0.2) is 46.2 Å². The molecule has 0 saturated heterocycles. The second kappa shape index (κ2) is 13.3. The molecule has 0 unspecified atom stereocenters. The van der Waals surface area contributed by atoms with E-state index < -0.39 is 0 Å². The molecule has 0 aliphatic heterocycles. The third-order valence-corrected chi connectivity index (χ3v) is 5.97. The molecule has 0 spiro atoms. The van der Waals surface area contributed by atoms with Crippen molar-refractivity contribution in [2.75, 3.05) is 32.1 Å². The molecule has 7 heteroatoms. The van der Waals surface area contributed by atoms with Crippen LogP contribution < -0.4 is 10.1 Å². The highest BCUT2D eigenvalue weighted by Gasteiger charge is 2.10. The molecule has 2 N–H and O–H groups in total. The molecule has 0 fully saturated rings. The first-order chi connectivity index (χ1) is 16.6. The molecular weight excluding hydrogens is 444 g/mol. The smallest absolute Gasteiger partial charge is 0.134 e. The van der Waals surface area contributed by atoms with Gasteiger partial charge in [0, 0.05) is 29.6 Å². The number of nitrogens with one attached hydrogen (secondary N) is 1. The highest BCUT2D eigenvalue weighted by atomic mass is 32.2. The second-order valence-corrected chi connectivity index (χ2v) is 8.60. The maximum Gasteiger partial charge on any atom is 0.134 e. The highest BCUT2D eigenvalue weighted by Crippen LogP contribution is 2.30. The third kappa shape index (κ3) is 7.59. The SMILES string of the molecule is C=C/C=C(\C=C)COc1ccccc1-c1cc(Nc2cccc(CSN(C)CCO)c2)ncn1. The first-order valence-electron chi connectivity index (χ1n) is 10.9. The average molecular weight is 475 g/mol. The minimum absolute atomic E-state index is 0.149. The minimum Gasteiger partial charge on any atom is -0.488 e. The van der Waals surface area contributed by atoms with Gasteiger partial charge in [0.25, 0.3) is 0 Å². The van der Waals surface area contributed by atoms with Crippen molar-refractivity contribution >= 4 is 23.5 Å². The first-order valence-corrected chi connectivity index (χ1v) is 11.9. The van der Waals surface area contributed by atoms with Crippen molar-refractivity contribution in [2.24, 2.45) is 0 Å². The van der Waals surface area contributed by atoms with Gasteiger partial charge < -0.3 is 15.2 Å². The van der Waals surface area contributed by atoms with Crippen LogP contribution in [0.5, 0.6) is 5.75 Å². The van der Waals surface area contributed by atoms with E-state index in [1.54, 1.807) is 30.4 Å². The van der Waals surface area contributed by atoms with Crippen LogP contribution in [0.1, 0.15) is 5.56 Å². The predicted molar refractivity (Wildman–Crippen MR) is 142 cm³/mol. The van der Waals surface area contributed by atoms with E-state index in [1.807, 2.05) is 59.9 Å². The van der Waals surface area contributed by atoms with Crippen LogP contribution in [0.2, 0.25) is 0 Å². The summed E-state index contributed by atoms with van der Waals surface area (Å²) in [7, 11) is 1.97. The van der Waals surface area contributed by atoms with Crippen molar-refractivity contribution in [1.29, 1.82) is 0 Å². The first kappa shape index (κ1) is 25.2. The van der Waals surface area contributed by atoms with Gasteiger partial charge in [0.05, 0.1) is 12.3 Å². The summed E-state index contributed by atoms with van der Waals surface area (Å²) >= 11 is 1.67. The van der Waals surface area contributed by atoms with Gasteiger partial charge in [-0.05, 0) is 42.4 Å². The zero-order valence-electron chi connectivity index (χ0n) is 19.4. The molecule has 0 saturated carbocycles. The number of hydrogen-bond acceptors (Lipinski definition) is 7. The number of aromatic nitrogens is 2. The van der Waals surface area contributed by atoms with Gasteiger partial charge in [0.2, 0.25) is 0 Å². The largest absolute Gasteiger partial charge is 0.488 e. The molecule has 2 aromatic carbocycles. The summed E-state index contributed by atoms with van der Waals surface area (Å²) in [5, 5.41) is 12.4. The monoisotopic (exact) mass is 474 g/mol. The summed E-state index contributed by atoms with van der Waals surface area (Å²) in [6, 6.07) is 17.9. The molecule has 0 radical (unpaired) electrons. The standard InChI is InChI=1S/C27H30N4O2S/c1-4-9-21(5-2)18-33-26-13-7-6-12-24(26)25-17-27(29-20-28-25)30-23-11-8-10-22(16-23)19-34-31(3)14-15-32/h4-13,16-17,20,32H,1-2,14-15,18-19H2,3H3,(H,28,29,30)/b21-9+. The molecular formula is C27H30N4O2S. The fourth-order valence-corrected chi connectivity index (χ4v) is 3.90. The Morgan fingerprint density at radius 1 is 1.15 bits per heavy atom. The number of nitrogens with zero attached hydrogens (tertiary/aromatic N) is 3. The lowest BCUT2D eigenvalue weighted by Crippen LogP contribution is -2.14. The number of allylic oxidation sites excluding steroid dienone is 2. The molecule has 0 bridgehead atoms. The summed E-state index contributed by atoms with van der Waals surface area (Å²) in [4.78, 5) is 8.86. The van der Waals surface area contributed by atoms with Crippen LogP contribution in [0, 0.1) is 0 Å². The fourth-order valence-electron chi connectivity index (χ4n) is 3.14. The van der Waals surface area contributed by atoms with Crippen molar-refractivity contribution in [3.05, 3.63) is 103 Å². The van der Waals surface area contributed by atoms with Crippen LogP contribution in [0.3, 0.4) is 0 Å². The summed E-state index contributed by atoms with van der Waals surface area (Å²) in [6.07, 6.45) is 6.90. The van der Waals surface area contributed by atoms with Crippen molar-refractivity contribution in [3.8, 4) is 17.0 Å². The molecule has 3 aromatic rings. The van der Waals surface area contributed by atoms with Gasteiger partial charge in [0.1, 0.15) is 24.5 Å².